The fourth-order valence-corrected chi connectivity index (χ4v) is 2.89. The molecule has 1 saturated heterocycles. The molecule has 0 bridgehead atoms. The molecular formula is C18H19FN4O3. The van der Waals surface area contributed by atoms with E-state index >= 15 is 0 Å². The molecule has 1 N–H and O–H groups in total. The Kier molecular flexibility index (Phi) is 4.60. The van der Waals surface area contributed by atoms with Gasteiger partial charge in [0.2, 0.25) is 0 Å². The Balaban J connectivity index is 0.00000196. The lowest BCUT2D eigenvalue weighted by atomic mass is 10.1. The number of cyclic esters (lactones) is 1. The zero-order chi connectivity index (χ0) is 17.6. The number of carbonyl (C=O) groups is 1. The van der Waals surface area contributed by atoms with Crippen molar-refractivity contribution in [2.45, 2.75) is 20.5 Å². The monoisotopic (exact) mass is 358 g/mol. The summed E-state index contributed by atoms with van der Waals surface area (Å²) < 4.78 is 21.2. The molecule has 1 fully saturated rings. The van der Waals surface area contributed by atoms with Crippen LogP contribution in [-0.4, -0.2) is 45.1 Å². The molecule has 136 valence electrons. The lowest BCUT2D eigenvalue weighted by Gasteiger charge is -2.14. The van der Waals surface area contributed by atoms with Crippen molar-refractivity contribution in [3.63, 3.8) is 0 Å². The van der Waals surface area contributed by atoms with Crippen molar-refractivity contribution in [1.29, 1.82) is 0 Å². The predicted octanol–water partition coefficient (Wildman–Crippen LogP) is 2.80. The zero-order valence-electron chi connectivity index (χ0n) is 13.4. The van der Waals surface area contributed by atoms with E-state index in [1.807, 2.05) is 0 Å². The maximum Gasteiger partial charge on any atom is 0.414 e. The molecule has 0 spiro atoms. The molecule has 0 saturated carbocycles. The smallest absolute Gasteiger partial charge is 0.414 e. The first-order valence-corrected chi connectivity index (χ1v) is 7.77. The Morgan fingerprint density at radius 3 is 2.85 bits per heavy atom. The number of aliphatic hydroxyl groups is 1. The second-order valence-electron chi connectivity index (χ2n) is 5.84. The SMILES string of the molecule is C.Cc1nc2ccc(-c3ccc(N4C[C@H](CO)OC4=O)cc3F)cn2n1. The molecule has 3 aromatic rings. The number of aromatic nitrogens is 3. The Morgan fingerprint density at radius 1 is 1.35 bits per heavy atom. The Morgan fingerprint density at radius 2 is 2.15 bits per heavy atom. The van der Waals surface area contributed by atoms with Crippen LogP contribution in [0.4, 0.5) is 14.9 Å². The summed E-state index contributed by atoms with van der Waals surface area (Å²) in [5, 5.41) is 13.3. The van der Waals surface area contributed by atoms with Crippen LogP contribution in [0.1, 0.15) is 13.3 Å². The molecule has 26 heavy (non-hydrogen) atoms. The molecular weight excluding hydrogens is 339 g/mol. The van der Waals surface area contributed by atoms with E-state index in [2.05, 4.69) is 10.1 Å². The normalized spacial score (nSPS) is 16.7. The molecule has 2 aromatic heterocycles. The van der Waals surface area contributed by atoms with Crippen LogP contribution in [0.5, 0.6) is 0 Å². The van der Waals surface area contributed by atoms with Gasteiger partial charge >= 0.3 is 6.09 Å². The van der Waals surface area contributed by atoms with Crippen LogP contribution in [-0.2, 0) is 4.74 Å². The summed E-state index contributed by atoms with van der Waals surface area (Å²) >= 11 is 0. The van der Waals surface area contributed by atoms with E-state index in [0.29, 0.717) is 28.3 Å². The summed E-state index contributed by atoms with van der Waals surface area (Å²) in [4.78, 5) is 17.4. The van der Waals surface area contributed by atoms with Gasteiger partial charge in [-0.2, -0.15) is 5.10 Å². The highest BCUT2D eigenvalue weighted by Crippen LogP contribution is 2.29. The van der Waals surface area contributed by atoms with Crippen LogP contribution in [0.25, 0.3) is 16.8 Å². The van der Waals surface area contributed by atoms with Gasteiger partial charge in [-0.05, 0) is 37.3 Å². The quantitative estimate of drug-likeness (QED) is 0.779. The maximum atomic E-state index is 14.6. The highest BCUT2D eigenvalue weighted by molar-refractivity contribution is 5.90. The molecule has 8 heteroatoms. The average molecular weight is 358 g/mol. The lowest BCUT2D eigenvalue weighted by Crippen LogP contribution is -2.25. The summed E-state index contributed by atoms with van der Waals surface area (Å²) in [5.74, 6) is 0.174. The van der Waals surface area contributed by atoms with E-state index in [1.54, 1.807) is 41.9 Å². The minimum atomic E-state index is -0.592. The molecule has 1 amide bonds. The summed E-state index contributed by atoms with van der Waals surface area (Å²) in [7, 11) is 0. The minimum absolute atomic E-state index is 0. The van der Waals surface area contributed by atoms with Crippen LogP contribution in [0, 0.1) is 12.7 Å². The Labute approximate surface area is 149 Å². The zero-order valence-corrected chi connectivity index (χ0v) is 13.4. The number of aryl methyl sites for hydroxylation is 1. The van der Waals surface area contributed by atoms with Crippen LogP contribution in [0.2, 0.25) is 0 Å². The first-order valence-electron chi connectivity index (χ1n) is 7.77. The van der Waals surface area contributed by atoms with Gasteiger partial charge in [-0.1, -0.05) is 7.43 Å². The van der Waals surface area contributed by atoms with Gasteiger partial charge in [0.05, 0.1) is 18.8 Å². The number of hydrogen-bond acceptors (Lipinski definition) is 5. The van der Waals surface area contributed by atoms with Crippen molar-refractivity contribution < 1.29 is 19.0 Å². The van der Waals surface area contributed by atoms with Crippen molar-refractivity contribution in [1.82, 2.24) is 14.6 Å². The second kappa shape index (κ2) is 6.72. The molecule has 0 aliphatic carbocycles. The number of halogens is 1. The number of hydrogen-bond donors (Lipinski definition) is 1. The Hall–Kier alpha value is -3.00. The molecule has 0 radical (unpaired) electrons. The van der Waals surface area contributed by atoms with Crippen molar-refractivity contribution in [3.05, 3.63) is 48.2 Å². The van der Waals surface area contributed by atoms with Gasteiger partial charge in [-0.15, -0.1) is 0 Å². The third kappa shape index (κ3) is 2.99. The van der Waals surface area contributed by atoms with E-state index in [1.165, 1.54) is 11.0 Å². The minimum Gasteiger partial charge on any atom is -0.441 e. The molecule has 0 unspecified atom stereocenters. The van der Waals surface area contributed by atoms with E-state index < -0.39 is 18.0 Å². The lowest BCUT2D eigenvalue weighted by molar-refractivity contribution is 0.0963. The van der Waals surface area contributed by atoms with Crippen LogP contribution >= 0.6 is 0 Å². The van der Waals surface area contributed by atoms with E-state index in [0.717, 1.165) is 0 Å². The van der Waals surface area contributed by atoms with Gasteiger partial charge in [-0.25, -0.2) is 18.7 Å². The molecule has 1 atom stereocenters. The molecule has 1 aliphatic heterocycles. The first kappa shape index (κ1) is 17.8. The van der Waals surface area contributed by atoms with Gasteiger partial charge in [-0.3, -0.25) is 4.90 Å². The number of anilines is 1. The number of carbonyl (C=O) groups excluding carboxylic acids is 1. The highest BCUT2D eigenvalue weighted by atomic mass is 19.1. The number of ether oxygens (including phenoxy) is 1. The van der Waals surface area contributed by atoms with E-state index in [9.17, 15) is 9.18 Å². The summed E-state index contributed by atoms with van der Waals surface area (Å²) in [5.41, 5.74) is 2.12. The van der Waals surface area contributed by atoms with Crippen molar-refractivity contribution >= 4 is 17.4 Å². The fraction of sp³-hybridized carbons (Fsp3) is 0.278. The van der Waals surface area contributed by atoms with Gasteiger partial charge in [0.25, 0.3) is 0 Å². The number of nitrogens with zero attached hydrogens (tertiary/aromatic N) is 4. The number of amides is 1. The summed E-state index contributed by atoms with van der Waals surface area (Å²) in [6, 6.07) is 8.08. The predicted molar refractivity (Wildman–Crippen MR) is 94.5 cm³/mol. The molecule has 3 heterocycles. The maximum absolute atomic E-state index is 14.6. The third-order valence-electron chi connectivity index (χ3n) is 4.09. The topological polar surface area (TPSA) is 80.0 Å². The van der Waals surface area contributed by atoms with Crippen LogP contribution in [0.15, 0.2) is 36.5 Å². The number of benzene rings is 1. The molecule has 7 nitrogen and oxygen atoms in total. The van der Waals surface area contributed by atoms with Crippen LogP contribution in [0.3, 0.4) is 0 Å². The van der Waals surface area contributed by atoms with E-state index in [-0.39, 0.29) is 20.6 Å². The van der Waals surface area contributed by atoms with Gasteiger partial charge < -0.3 is 9.84 Å². The fourth-order valence-electron chi connectivity index (χ4n) is 2.89. The van der Waals surface area contributed by atoms with Crippen LogP contribution < -0.4 is 4.90 Å². The van der Waals surface area contributed by atoms with Gasteiger partial charge in [0, 0.05) is 17.3 Å². The average Bonchev–Trinajstić information content (AvgIpc) is 3.15. The molecule has 4 rings (SSSR count). The summed E-state index contributed by atoms with van der Waals surface area (Å²) in [6.07, 6.45) is 0.526. The summed E-state index contributed by atoms with van der Waals surface area (Å²) in [6.45, 7) is 1.72. The molecule has 1 aliphatic rings. The van der Waals surface area contributed by atoms with Gasteiger partial charge in [0.1, 0.15) is 17.7 Å². The number of pyridine rings is 1. The highest BCUT2D eigenvalue weighted by Gasteiger charge is 2.32. The molecule has 1 aromatic carbocycles. The number of fused-ring (bicyclic) bond motifs is 1. The van der Waals surface area contributed by atoms with Crippen molar-refractivity contribution in [2.24, 2.45) is 0 Å². The number of aliphatic hydroxyl groups excluding tert-OH is 1. The number of rotatable bonds is 3. The van der Waals surface area contributed by atoms with Gasteiger partial charge in [0.15, 0.2) is 5.65 Å². The third-order valence-corrected chi connectivity index (χ3v) is 4.09. The Bertz CT molecular complexity index is 972. The standard InChI is InChI=1S/C17H15FN4O3.CH4/c1-10-19-16-5-2-11(7-22(16)20-10)14-4-3-12(6-15(14)18)21-8-13(9-23)25-17(21)24;/h2-7,13,23H,8-9H2,1H3;1H4/t13-;/m1./s1. The first-order chi connectivity index (χ1) is 12.0. The van der Waals surface area contributed by atoms with E-state index in [4.69, 9.17) is 9.84 Å². The van der Waals surface area contributed by atoms with Crippen molar-refractivity contribution in [2.75, 3.05) is 18.1 Å². The second-order valence-corrected chi connectivity index (χ2v) is 5.84. The largest absolute Gasteiger partial charge is 0.441 e. The van der Waals surface area contributed by atoms with Crippen molar-refractivity contribution in [3.8, 4) is 11.1 Å².